The molecule has 2 aromatic carbocycles. The molecule has 0 unspecified atom stereocenters. The molecule has 0 radical (unpaired) electrons. The number of aromatic nitrogens is 3. The van der Waals surface area contributed by atoms with E-state index in [-0.39, 0.29) is 11.3 Å². The fraction of sp³-hybridized carbons (Fsp3) is 0.105. The molecule has 0 amide bonds. The molecule has 1 aromatic heterocycles. The number of carbonyl (C=O) groups excluding carboxylic acids is 1. The van der Waals surface area contributed by atoms with Crippen LogP contribution in [0.25, 0.3) is 17.8 Å². The first-order valence-electron chi connectivity index (χ1n) is 8.19. The summed E-state index contributed by atoms with van der Waals surface area (Å²) in [7, 11) is 1.27. The lowest BCUT2D eigenvalue weighted by Crippen LogP contribution is -2.17. The summed E-state index contributed by atoms with van der Waals surface area (Å²) < 4.78 is 46.6. The first-order chi connectivity index (χ1) is 13.7. The second-order valence-corrected chi connectivity index (χ2v) is 5.76. The van der Waals surface area contributed by atoms with E-state index >= 15 is 0 Å². The van der Waals surface area contributed by atoms with Crippen molar-refractivity contribution in [1.29, 1.82) is 0 Å². The molecule has 0 aliphatic carbocycles. The number of esters is 1. The van der Waals surface area contributed by atoms with Gasteiger partial charge in [-0.3, -0.25) is 0 Å². The number of rotatable bonds is 5. The van der Waals surface area contributed by atoms with Crippen LogP contribution < -0.4 is 10.5 Å². The summed E-state index contributed by atoms with van der Waals surface area (Å²) in [4.78, 5) is 15.8. The van der Waals surface area contributed by atoms with Crippen molar-refractivity contribution in [3.05, 3.63) is 65.7 Å². The second-order valence-electron chi connectivity index (χ2n) is 5.76. The molecule has 0 aliphatic rings. The third-order valence-corrected chi connectivity index (χ3v) is 3.75. The van der Waals surface area contributed by atoms with Gasteiger partial charge in [0.25, 0.3) is 0 Å². The van der Waals surface area contributed by atoms with Gasteiger partial charge < -0.3 is 15.2 Å². The average Bonchev–Trinajstić information content (AvgIpc) is 3.15. The minimum atomic E-state index is -4.75. The molecule has 0 bridgehead atoms. The number of carbonyl (C=O) groups is 1. The van der Waals surface area contributed by atoms with Gasteiger partial charge in [-0.15, -0.1) is 18.3 Å². The normalized spacial score (nSPS) is 11.6. The predicted molar refractivity (Wildman–Crippen MR) is 99.2 cm³/mol. The number of halogens is 3. The Morgan fingerprint density at radius 2 is 1.86 bits per heavy atom. The Hall–Kier alpha value is -3.82. The van der Waals surface area contributed by atoms with E-state index in [2.05, 4.69) is 19.6 Å². The van der Waals surface area contributed by atoms with Crippen molar-refractivity contribution in [2.75, 3.05) is 12.8 Å². The van der Waals surface area contributed by atoms with E-state index in [1.165, 1.54) is 42.4 Å². The summed E-state index contributed by atoms with van der Waals surface area (Å²) in [6.07, 6.45) is -0.0270. The molecule has 0 spiro atoms. The Balaban J connectivity index is 1.74. The fourth-order valence-electron chi connectivity index (χ4n) is 2.41. The molecule has 7 nitrogen and oxygen atoms in total. The highest BCUT2D eigenvalue weighted by Crippen LogP contribution is 2.23. The van der Waals surface area contributed by atoms with Crippen molar-refractivity contribution in [2.45, 2.75) is 6.36 Å². The number of nitrogens with zero attached hydrogens (tertiary/aromatic N) is 3. The zero-order chi connectivity index (χ0) is 21.0. The van der Waals surface area contributed by atoms with E-state index in [1.54, 1.807) is 30.4 Å². The minimum Gasteiger partial charge on any atom is -0.465 e. The van der Waals surface area contributed by atoms with Gasteiger partial charge in [-0.05, 0) is 48.0 Å². The third-order valence-electron chi connectivity index (χ3n) is 3.75. The predicted octanol–water partition coefficient (Wildman–Crippen LogP) is 3.71. The third kappa shape index (κ3) is 5.12. The lowest BCUT2D eigenvalue weighted by Gasteiger charge is -2.09. The number of hydrogen-bond donors (Lipinski definition) is 1. The van der Waals surface area contributed by atoms with Crippen LogP contribution in [0.1, 0.15) is 21.7 Å². The molecule has 29 heavy (non-hydrogen) atoms. The quantitative estimate of drug-likeness (QED) is 0.515. The van der Waals surface area contributed by atoms with Crippen molar-refractivity contribution in [3.8, 4) is 11.4 Å². The molecule has 0 atom stereocenters. The van der Waals surface area contributed by atoms with Crippen LogP contribution in [0.3, 0.4) is 0 Å². The summed E-state index contributed by atoms with van der Waals surface area (Å²) in [6, 6.07) is 10.1. The van der Waals surface area contributed by atoms with E-state index in [1.807, 2.05) is 0 Å². The van der Waals surface area contributed by atoms with Crippen LogP contribution >= 0.6 is 0 Å². The van der Waals surface area contributed by atoms with Gasteiger partial charge in [-0.2, -0.15) is 0 Å². The Bertz CT molecular complexity index is 1040. The second kappa shape index (κ2) is 8.05. The maximum atomic E-state index is 12.2. The van der Waals surface area contributed by atoms with E-state index in [0.717, 1.165) is 0 Å². The highest BCUT2D eigenvalue weighted by Gasteiger charge is 2.30. The van der Waals surface area contributed by atoms with Gasteiger partial charge in [-0.1, -0.05) is 12.1 Å². The Morgan fingerprint density at radius 3 is 2.52 bits per heavy atom. The van der Waals surface area contributed by atoms with Crippen LogP contribution in [0.5, 0.6) is 5.75 Å². The van der Waals surface area contributed by atoms with Gasteiger partial charge in [-0.25, -0.2) is 14.5 Å². The van der Waals surface area contributed by atoms with Gasteiger partial charge in [0.2, 0.25) is 0 Å². The number of hydrogen-bond acceptors (Lipinski definition) is 6. The van der Waals surface area contributed by atoms with Crippen LogP contribution in [0.15, 0.2) is 48.8 Å². The topological polar surface area (TPSA) is 92.3 Å². The zero-order valence-electron chi connectivity index (χ0n) is 15.1. The Morgan fingerprint density at radius 1 is 1.14 bits per heavy atom. The van der Waals surface area contributed by atoms with Crippen LogP contribution in [0.4, 0.5) is 18.9 Å². The molecule has 0 saturated carbocycles. The number of nitrogen functional groups attached to an aromatic ring is 1. The summed E-state index contributed by atoms with van der Waals surface area (Å²) in [6.45, 7) is 0. The first kappa shape index (κ1) is 19.9. The molecular formula is C19H15F3N4O3. The summed E-state index contributed by atoms with van der Waals surface area (Å²) in [5.74, 6) is -0.513. The van der Waals surface area contributed by atoms with Gasteiger partial charge in [0.1, 0.15) is 12.1 Å². The molecule has 0 aliphatic heterocycles. The standard InChI is InChI=1S/C19H15F3N4O3/c1-28-18(27)15-10-12(2-8-16(15)23)3-9-17-24-11-26(25-17)13-4-6-14(7-5-13)29-19(20,21)22/h2-11H,23H2,1H3. The van der Waals surface area contributed by atoms with Gasteiger partial charge >= 0.3 is 12.3 Å². The highest BCUT2D eigenvalue weighted by atomic mass is 19.4. The molecular weight excluding hydrogens is 389 g/mol. The molecule has 1 heterocycles. The number of alkyl halides is 3. The minimum absolute atomic E-state index is 0.245. The monoisotopic (exact) mass is 404 g/mol. The van der Waals surface area contributed by atoms with Crippen LogP contribution in [-0.4, -0.2) is 34.2 Å². The van der Waals surface area contributed by atoms with Crippen molar-refractivity contribution < 1.29 is 27.4 Å². The number of ether oxygens (including phenoxy) is 2. The highest BCUT2D eigenvalue weighted by molar-refractivity contribution is 5.95. The van der Waals surface area contributed by atoms with Crippen LogP contribution in [0.2, 0.25) is 0 Å². The lowest BCUT2D eigenvalue weighted by atomic mass is 10.1. The molecule has 0 saturated heterocycles. The van der Waals surface area contributed by atoms with Crippen molar-refractivity contribution in [3.63, 3.8) is 0 Å². The van der Waals surface area contributed by atoms with Crippen molar-refractivity contribution in [1.82, 2.24) is 14.8 Å². The Kier molecular flexibility index (Phi) is 5.53. The van der Waals surface area contributed by atoms with E-state index in [0.29, 0.717) is 22.8 Å². The largest absolute Gasteiger partial charge is 0.573 e. The number of benzene rings is 2. The maximum Gasteiger partial charge on any atom is 0.573 e. The van der Waals surface area contributed by atoms with Crippen molar-refractivity contribution >= 4 is 23.8 Å². The van der Waals surface area contributed by atoms with Crippen LogP contribution in [0, 0.1) is 0 Å². The van der Waals surface area contributed by atoms with E-state index in [4.69, 9.17) is 5.73 Å². The van der Waals surface area contributed by atoms with Gasteiger partial charge in [0, 0.05) is 5.69 Å². The molecule has 2 N–H and O–H groups in total. The van der Waals surface area contributed by atoms with Gasteiger partial charge in [0.15, 0.2) is 5.82 Å². The van der Waals surface area contributed by atoms with E-state index in [9.17, 15) is 18.0 Å². The molecule has 10 heteroatoms. The summed E-state index contributed by atoms with van der Waals surface area (Å²) >= 11 is 0. The smallest absolute Gasteiger partial charge is 0.465 e. The maximum absolute atomic E-state index is 12.2. The Labute approximate surface area is 163 Å². The summed E-state index contributed by atoms with van der Waals surface area (Å²) in [5.41, 5.74) is 7.50. The average molecular weight is 404 g/mol. The molecule has 150 valence electrons. The summed E-state index contributed by atoms with van der Waals surface area (Å²) in [5, 5.41) is 4.23. The van der Waals surface area contributed by atoms with Crippen LogP contribution in [-0.2, 0) is 4.74 Å². The lowest BCUT2D eigenvalue weighted by molar-refractivity contribution is -0.274. The number of methoxy groups -OCH3 is 1. The zero-order valence-corrected chi connectivity index (χ0v) is 15.1. The van der Waals surface area contributed by atoms with E-state index < -0.39 is 12.3 Å². The van der Waals surface area contributed by atoms with Crippen molar-refractivity contribution in [2.24, 2.45) is 0 Å². The number of nitrogens with two attached hydrogens (primary N) is 1. The fourth-order valence-corrected chi connectivity index (χ4v) is 2.41. The first-order valence-corrected chi connectivity index (χ1v) is 8.19. The SMILES string of the molecule is COC(=O)c1cc(C=Cc2ncn(-c3ccc(OC(F)(F)F)cc3)n2)ccc1N. The van der Waals surface area contributed by atoms with Gasteiger partial charge in [0.05, 0.1) is 18.4 Å². The molecule has 0 fully saturated rings. The molecule has 3 rings (SSSR count). The molecule has 3 aromatic rings. The number of anilines is 1.